The van der Waals surface area contributed by atoms with E-state index >= 15 is 0 Å². The molecule has 8 nitrogen and oxygen atoms in total. The van der Waals surface area contributed by atoms with Gasteiger partial charge in [-0.1, -0.05) is 18.2 Å². The number of guanidine groups is 1. The van der Waals surface area contributed by atoms with Gasteiger partial charge >= 0.3 is 6.03 Å². The third kappa shape index (κ3) is 3.63. The highest BCUT2D eigenvalue weighted by Gasteiger charge is 2.49. The third-order valence-electron chi connectivity index (χ3n) is 5.53. The number of rotatable bonds is 5. The fourth-order valence-corrected chi connectivity index (χ4v) is 4.05. The zero-order valence-electron chi connectivity index (χ0n) is 16.2. The van der Waals surface area contributed by atoms with E-state index in [9.17, 15) is 9.59 Å². The Bertz CT molecular complexity index is 747. The molecule has 2 unspecified atom stereocenters. The van der Waals surface area contributed by atoms with Crippen molar-refractivity contribution in [2.24, 2.45) is 4.99 Å². The Labute approximate surface area is 165 Å². The minimum Gasteiger partial charge on any atom is -0.494 e. The summed E-state index contributed by atoms with van der Waals surface area (Å²) in [5, 5.41) is 2.45. The van der Waals surface area contributed by atoms with Crippen molar-refractivity contribution >= 4 is 17.9 Å². The zero-order valence-corrected chi connectivity index (χ0v) is 16.2. The van der Waals surface area contributed by atoms with Gasteiger partial charge in [-0.05, 0) is 37.8 Å². The van der Waals surface area contributed by atoms with Crippen LogP contribution in [0, 0.1) is 0 Å². The number of nitrogens with one attached hydrogen (secondary N) is 1. The number of likely N-dealkylation sites (tertiary alicyclic amines) is 1. The molecule has 2 saturated heterocycles. The smallest absolute Gasteiger partial charge is 0.325 e. The van der Waals surface area contributed by atoms with Crippen molar-refractivity contribution in [2.45, 2.75) is 37.9 Å². The number of hydrogen-bond acceptors (Lipinski definition) is 6. The molecular formula is C20H27N5O3. The van der Waals surface area contributed by atoms with Crippen molar-refractivity contribution in [3.05, 3.63) is 30.3 Å². The summed E-state index contributed by atoms with van der Waals surface area (Å²) in [6.45, 7) is 3.09. The number of likely N-dealkylation sites (N-methyl/N-ethyl adjacent to an activating group) is 1. The number of carbonyl (C=O) groups is 2. The first-order valence-corrected chi connectivity index (χ1v) is 10.00. The van der Waals surface area contributed by atoms with E-state index in [0.717, 1.165) is 44.1 Å². The van der Waals surface area contributed by atoms with Gasteiger partial charge in [-0.3, -0.25) is 10.1 Å². The van der Waals surface area contributed by atoms with Crippen LogP contribution in [0.25, 0.3) is 0 Å². The average Bonchev–Trinajstić information content (AvgIpc) is 3.11. The molecule has 1 N–H and O–H groups in total. The van der Waals surface area contributed by atoms with Crippen LogP contribution in [0.2, 0.25) is 0 Å². The summed E-state index contributed by atoms with van der Waals surface area (Å²) >= 11 is 0. The highest BCUT2D eigenvalue weighted by Crippen LogP contribution is 2.27. The molecule has 2 atom stereocenters. The van der Waals surface area contributed by atoms with Gasteiger partial charge < -0.3 is 19.4 Å². The fourth-order valence-electron chi connectivity index (χ4n) is 4.05. The van der Waals surface area contributed by atoms with Gasteiger partial charge in [-0.25, -0.2) is 9.79 Å². The number of para-hydroxylation sites is 1. The summed E-state index contributed by atoms with van der Waals surface area (Å²) in [7, 11) is 1.69. The van der Waals surface area contributed by atoms with Crippen molar-refractivity contribution in [1.29, 1.82) is 0 Å². The summed E-state index contributed by atoms with van der Waals surface area (Å²) in [6, 6.07) is 8.85. The molecule has 0 saturated carbocycles. The second kappa shape index (κ2) is 8.08. The van der Waals surface area contributed by atoms with Crippen LogP contribution >= 0.6 is 0 Å². The van der Waals surface area contributed by atoms with Crippen LogP contribution in [-0.2, 0) is 4.79 Å². The summed E-state index contributed by atoms with van der Waals surface area (Å²) in [4.78, 5) is 35.3. The first-order chi connectivity index (χ1) is 13.6. The number of piperidine rings is 1. The number of ether oxygens (including phenoxy) is 1. The van der Waals surface area contributed by atoms with E-state index in [1.54, 1.807) is 7.05 Å². The maximum atomic E-state index is 12.6. The summed E-state index contributed by atoms with van der Waals surface area (Å²) in [6.07, 6.45) is 3.77. The number of imide groups is 1. The predicted molar refractivity (Wildman–Crippen MR) is 105 cm³/mol. The van der Waals surface area contributed by atoms with Crippen molar-refractivity contribution in [3.8, 4) is 5.75 Å². The van der Waals surface area contributed by atoms with Crippen LogP contribution in [0.15, 0.2) is 35.3 Å². The molecule has 0 aromatic heterocycles. The molecular weight excluding hydrogens is 358 g/mol. The highest BCUT2D eigenvalue weighted by atomic mass is 16.5. The molecule has 28 heavy (non-hydrogen) atoms. The van der Waals surface area contributed by atoms with Gasteiger partial charge in [0.15, 0.2) is 18.2 Å². The molecule has 1 aromatic carbocycles. The van der Waals surface area contributed by atoms with E-state index in [-0.39, 0.29) is 11.9 Å². The predicted octanol–water partition coefficient (Wildman–Crippen LogP) is 1.49. The monoisotopic (exact) mass is 385 g/mol. The van der Waals surface area contributed by atoms with Gasteiger partial charge in [0.25, 0.3) is 5.91 Å². The Hall–Kier alpha value is -2.77. The Morgan fingerprint density at radius 2 is 1.89 bits per heavy atom. The molecule has 1 aromatic rings. The van der Waals surface area contributed by atoms with Gasteiger partial charge in [-0.15, -0.1) is 0 Å². The molecule has 0 aliphatic carbocycles. The first-order valence-electron chi connectivity index (χ1n) is 10.00. The van der Waals surface area contributed by atoms with Crippen molar-refractivity contribution in [2.75, 3.05) is 33.3 Å². The van der Waals surface area contributed by atoms with Gasteiger partial charge in [0.2, 0.25) is 0 Å². The Morgan fingerprint density at radius 1 is 1.14 bits per heavy atom. The molecule has 3 heterocycles. The Morgan fingerprint density at radius 3 is 2.64 bits per heavy atom. The zero-order chi connectivity index (χ0) is 19.5. The van der Waals surface area contributed by atoms with Gasteiger partial charge in [0.1, 0.15) is 5.75 Å². The molecule has 3 aliphatic rings. The lowest BCUT2D eigenvalue weighted by molar-refractivity contribution is -0.127. The number of benzene rings is 1. The van der Waals surface area contributed by atoms with E-state index in [1.807, 2.05) is 30.3 Å². The third-order valence-corrected chi connectivity index (χ3v) is 5.53. The van der Waals surface area contributed by atoms with Crippen LogP contribution < -0.4 is 10.1 Å². The van der Waals surface area contributed by atoms with Crippen molar-refractivity contribution in [1.82, 2.24) is 20.0 Å². The van der Waals surface area contributed by atoms with Crippen LogP contribution in [0.4, 0.5) is 4.79 Å². The number of urea groups is 1. The van der Waals surface area contributed by atoms with Crippen LogP contribution in [-0.4, -0.2) is 78.1 Å². The largest absolute Gasteiger partial charge is 0.494 e. The van der Waals surface area contributed by atoms with Crippen LogP contribution in [0.3, 0.4) is 0 Å². The average molecular weight is 385 g/mol. The van der Waals surface area contributed by atoms with Gasteiger partial charge in [0.05, 0.1) is 6.61 Å². The van der Waals surface area contributed by atoms with E-state index in [0.29, 0.717) is 13.2 Å². The molecule has 3 amide bonds. The van der Waals surface area contributed by atoms with Gasteiger partial charge in [-0.2, -0.15) is 0 Å². The lowest BCUT2D eigenvalue weighted by Crippen LogP contribution is -2.64. The molecule has 0 spiro atoms. The quantitative estimate of drug-likeness (QED) is 0.777. The Balaban J connectivity index is 1.46. The highest BCUT2D eigenvalue weighted by molar-refractivity contribution is 6.03. The first kappa shape index (κ1) is 18.6. The number of aliphatic imine (C=N–C) groups is 1. The minimum absolute atomic E-state index is 0.271. The van der Waals surface area contributed by atoms with E-state index in [1.165, 1.54) is 11.3 Å². The molecule has 0 radical (unpaired) electrons. The van der Waals surface area contributed by atoms with E-state index in [4.69, 9.17) is 9.73 Å². The summed E-state index contributed by atoms with van der Waals surface area (Å²) < 4.78 is 5.80. The summed E-state index contributed by atoms with van der Waals surface area (Å²) in [5.74, 6) is 1.41. The van der Waals surface area contributed by atoms with E-state index in [2.05, 4.69) is 15.1 Å². The maximum Gasteiger partial charge on any atom is 0.325 e. The summed E-state index contributed by atoms with van der Waals surface area (Å²) in [5.41, 5.74) is 0. The standard InChI is InChI=1S/C20H27N5O3/c1-23-17-16(18(26)22-20(23)27)25(19(21-17)24-11-6-3-7-12-24)13-8-14-28-15-9-4-2-5-10-15/h2,4-5,9-10,16-17H,3,6-8,11-14H2,1H3,(H,22,26,27). The molecule has 2 fully saturated rings. The topological polar surface area (TPSA) is 77.5 Å². The second-order valence-corrected chi connectivity index (χ2v) is 7.45. The molecule has 150 valence electrons. The SMILES string of the molecule is CN1C(=O)NC(=O)C2C1N=C(N1CCCCC1)N2CCCOc1ccccc1. The van der Waals surface area contributed by atoms with Crippen LogP contribution in [0.5, 0.6) is 5.75 Å². The number of carbonyl (C=O) groups excluding carboxylic acids is 2. The minimum atomic E-state index is -0.476. The van der Waals surface area contributed by atoms with Crippen LogP contribution in [0.1, 0.15) is 25.7 Å². The molecule has 3 aliphatic heterocycles. The Kier molecular flexibility index (Phi) is 5.36. The number of hydrogen-bond donors (Lipinski definition) is 1. The van der Waals surface area contributed by atoms with Crippen molar-refractivity contribution < 1.29 is 14.3 Å². The number of fused-ring (bicyclic) bond motifs is 1. The fraction of sp³-hybridized carbons (Fsp3) is 0.550. The lowest BCUT2D eigenvalue weighted by Gasteiger charge is -2.38. The maximum absolute atomic E-state index is 12.6. The van der Waals surface area contributed by atoms with Gasteiger partial charge in [0, 0.05) is 26.7 Å². The lowest BCUT2D eigenvalue weighted by atomic mass is 10.1. The molecule has 4 rings (SSSR count). The molecule has 0 bridgehead atoms. The van der Waals surface area contributed by atoms with E-state index < -0.39 is 12.2 Å². The molecule has 8 heteroatoms. The normalized spacial score (nSPS) is 24.8. The van der Waals surface area contributed by atoms with Crippen molar-refractivity contribution in [3.63, 3.8) is 0 Å². The number of nitrogens with zero attached hydrogens (tertiary/aromatic N) is 4. The second-order valence-electron chi connectivity index (χ2n) is 7.45. The number of amides is 3.